The molecular weight excluding hydrogens is 438 g/mol. The quantitative estimate of drug-likeness (QED) is 0.426. The molecule has 1 aliphatic heterocycles. The zero-order valence-electron chi connectivity index (χ0n) is 18.1. The van der Waals surface area contributed by atoms with E-state index in [2.05, 4.69) is 11.4 Å². The number of rotatable bonds is 7. The van der Waals surface area contributed by atoms with Crippen molar-refractivity contribution in [3.63, 3.8) is 0 Å². The second-order valence-corrected chi connectivity index (χ2v) is 7.26. The van der Waals surface area contributed by atoms with Crippen molar-refractivity contribution in [3.8, 4) is 17.6 Å². The topological polar surface area (TPSA) is 122 Å². The molecule has 9 heteroatoms. The third-order valence-electron chi connectivity index (χ3n) is 5.10. The lowest BCUT2D eigenvalue weighted by Gasteiger charge is -2.25. The maximum Gasteiger partial charge on any atom is 0.331 e. The summed E-state index contributed by atoms with van der Waals surface area (Å²) in [4.78, 5) is 38.3. The number of carbonyl (C=O) groups is 3. The number of hydrogen-bond acceptors (Lipinski definition) is 7. The summed E-state index contributed by atoms with van der Waals surface area (Å²) in [6.07, 6.45) is 2.80. The normalized spacial score (nSPS) is 14.6. The summed E-state index contributed by atoms with van der Waals surface area (Å²) in [6.45, 7) is 0.0494. The molecule has 0 unspecified atom stereocenters. The second kappa shape index (κ2) is 9.75. The number of carbonyl (C=O) groups excluding carboxylic acids is 3. The number of urea groups is 1. The lowest BCUT2D eigenvalue weighted by molar-refractivity contribution is -0.130. The van der Waals surface area contributed by atoms with Crippen LogP contribution < -0.4 is 14.8 Å². The lowest BCUT2D eigenvalue weighted by atomic mass is 10.1. The van der Waals surface area contributed by atoms with E-state index in [0.29, 0.717) is 28.4 Å². The van der Waals surface area contributed by atoms with E-state index < -0.39 is 17.8 Å². The second-order valence-electron chi connectivity index (χ2n) is 7.26. The third-order valence-corrected chi connectivity index (χ3v) is 5.10. The van der Waals surface area contributed by atoms with Gasteiger partial charge in [0, 0.05) is 5.56 Å². The fraction of sp³-hybridized carbons (Fsp3) is 0.120. The number of amides is 4. The Morgan fingerprint density at radius 1 is 1.09 bits per heavy atom. The van der Waals surface area contributed by atoms with Gasteiger partial charge in [0.25, 0.3) is 11.8 Å². The van der Waals surface area contributed by atoms with Crippen LogP contribution in [0.15, 0.2) is 70.9 Å². The Morgan fingerprint density at radius 3 is 2.65 bits per heavy atom. The molecule has 9 nitrogen and oxygen atoms in total. The molecule has 1 aromatic heterocycles. The first kappa shape index (κ1) is 22.4. The number of benzene rings is 2. The SMILES string of the molecule is COc1cc(C=C2C(=O)NC(=O)N(Cc3ccco3)C2=O)ccc1OCc1ccccc1C#N. The molecule has 1 fully saturated rings. The summed E-state index contributed by atoms with van der Waals surface area (Å²) in [5.41, 5.74) is 1.53. The number of hydrogen-bond donors (Lipinski definition) is 1. The van der Waals surface area contributed by atoms with Crippen molar-refractivity contribution in [2.24, 2.45) is 0 Å². The van der Waals surface area contributed by atoms with Crippen molar-refractivity contribution in [1.29, 1.82) is 5.26 Å². The van der Waals surface area contributed by atoms with Crippen molar-refractivity contribution in [3.05, 3.63) is 88.9 Å². The van der Waals surface area contributed by atoms with Gasteiger partial charge in [-0.25, -0.2) is 4.79 Å². The van der Waals surface area contributed by atoms with Gasteiger partial charge in [-0.3, -0.25) is 19.8 Å². The predicted molar refractivity (Wildman–Crippen MR) is 119 cm³/mol. The van der Waals surface area contributed by atoms with E-state index in [4.69, 9.17) is 13.9 Å². The van der Waals surface area contributed by atoms with Crippen molar-refractivity contribution in [2.45, 2.75) is 13.2 Å². The Labute approximate surface area is 194 Å². The summed E-state index contributed by atoms with van der Waals surface area (Å²) in [5, 5.41) is 11.4. The Kier molecular flexibility index (Phi) is 6.41. The van der Waals surface area contributed by atoms with Crippen LogP contribution in [0.25, 0.3) is 6.08 Å². The van der Waals surface area contributed by atoms with Crippen molar-refractivity contribution < 1.29 is 28.3 Å². The fourth-order valence-electron chi connectivity index (χ4n) is 3.37. The van der Waals surface area contributed by atoms with Crippen LogP contribution in [0.5, 0.6) is 11.5 Å². The fourth-order valence-corrected chi connectivity index (χ4v) is 3.37. The van der Waals surface area contributed by atoms with Gasteiger partial charge in [-0.15, -0.1) is 0 Å². The molecule has 2 aromatic carbocycles. The molecule has 0 spiro atoms. The first-order valence-corrected chi connectivity index (χ1v) is 10.2. The molecule has 0 saturated carbocycles. The number of methoxy groups -OCH3 is 1. The maximum atomic E-state index is 12.9. The van der Waals surface area contributed by atoms with Crippen LogP contribution >= 0.6 is 0 Å². The number of imide groups is 2. The molecule has 4 amide bonds. The van der Waals surface area contributed by atoms with Crippen LogP contribution in [-0.2, 0) is 22.7 Å². The number of nitrogens with zero attached hydrogens (tertiary/aromatic N) is 2. The highest BCUT2D eigenvalue weighted by Crippen LogP contribution is 2.30. The Morgan fingerprint density at radius 2 is 1.91 bits per heavy atom. The van der Waals surface area contributed by atoms with Gasteiger partial charge < -0.3 is 13.9 Å². The summed E-state index contributed by atoms with van der Waals surface area (Å²) >= 11 is 0. The van der Waals surface area contributed by atoms with Crippen LogP contribution in [0.4, 0.5) is 4.79 Å². The molecule has 0 radical (unpaired) electrons. The molecule has 0 aliphatic carbocycles. The molecule has 1 saturated heterocycles. The van der Waals surface area contributed by atoms with E-state index in [0.717, 1.165) is 10.5 Å². The van der Waals surface area contributed by atoms with Gasteiger partial charge in [-0.2, -0.15) is 5.26 Å². The molecule has 3 aromatic rings. The molecule has 2 heterocycles. The number of nitrogens with one attached hydrogen (secondary N) is 1. The van der Waals surface area contributed by atoms with Gasteiger partial charge in [-0.1, -0.05) is 24.3 Å². The van der Waals surface area contributed by atoms with Crippen LogP contribution in [0.3, 0.4) is 0 Å². The van der Waals surface area contributed by atoms with E-state index in [9.17, 15) is 19.6 Å². The molecule has 4 rings (SSSR count). The highest BCUT2D eigenvalue weighted by molar-refractivity contribution is 6.30. The van der Waals surface area contributed by atoms with Gasteiger partial charge >= 0.3 is 6.03 Å². The number of ether oxygens (including phenoxy) is 2. The summed E-state index contributed by atoms with van der Waals surface area (Å²) in [6, 6.07) is 16.5. The van der Waals surface area contributed by atoms with E-state index in [1.54, 1.807) is 48.5 Å². The van der Waals surface area contributed by atoms with Crippen LogP contribution in [0.1, 0.15) is 22.5 Å². The van der Waals surface area contributed by atoms with E-state index in [1.165, 1.54) is 19.4 Å². The molecule has 0 atom stereocenters. The minimum Gasteiger partial charge on any atom is -0.493 e. The third kappa shape index (κ3) is 4.66. The van der Waals surface area contributed by atoms with E-state index in [-0.39, 0.29) is 18.7 Å². The maximum absolute atomic E-state index is 12.9. The van der Waals surface area contributed by atoms with Gasteiger partial charge in [0.1, 0.15) is 17.9 Å². The first-order chi connectivity index (χ1) is 16.5. The molecule has 0 bridgehead atoms. The summed E-state index contributed by atoms with van der Waals surface area (Å²) < 4.78 is 16.4. The Hall–Kier alpha value is -4.84. The van der Waals surface area contributed by atoms with Crippen LogP contribution in [-0.4, -0.2) is 29.9 Å². The van der Waals surface area contributed by atoms with Crippen molar-refractivity contribution in [1.82, 2.24) is 10.2 Å². The monoisotopic (exact) mass is 457 g/mol. The summed E-state index contributed by atoms with van der Waals surface area (Å²) in [7, 11) is 1.46. The number of barbiturate groups is 1. The Bertz CT molecular complexity index is 1320. The number of nitriles is 1. The smallest absolute Gasteiger partial charge is 0.331 e. The van der Waals surface area contributed by atoms with Gasteiger partial charge in [0.15, 0.2) is 11.5 Å². The highest BCUT2D eigenvalue weighted by Gasteiger charge is 2.36. The zero-order valence-corrected chi connectivity index (χ0v) is 18.1. The molecule has 170 valence electrons. The highest BCUT2D eigenvalue weighted by atomic mass is 16.5. The minimum atomic E-state index is -0.817. The van der Waals surface area contributed by atoms with Crippen molar-refractivity contribution >= 4 is 23.9 Å². The first-order valence-electron chi connectivity index (χ1n) is 10.2. The molecule has 1 N–H and O–H groups in total. The van der Waals surface area contributed by atoms with Crippen LogP contribution in [0, 0.1) is 11.3 Å². The Balaban J connectivity index is 1.56. The van der Waals surface area contributed by atoms with Crippen molar-refractivity contribution in [2.75, 3.05) is 7.11 Å². The van der Waals surface area contributed by atoms with Gasteiger partial charge in [0.2, 0.25) is 0 Å². The molecule has 1 aliphatic rings. The van der Waals surface area contributed by atoms with Gasteiger partial charge in [-0.05, 0) is 42.0 Å². The summed E-state index contributed by atoms with van der Waals surface area (Å²) in [5.74, 6) is -0.337. The van der Waals surface area contributed by atoms with Gasteiger partial charge in [0.05, 0.1) is 31.6 Å². The largest absolute Gasteiger partial charge is 0.493 e. The average molecular weight is 457 g/mol. The molecular formula is C25H19N3O6. The van der Waals surface area contributed by atoms with E-state index in [1.807, 2.05) is 6.07 Å². The standard InChI is InChI=1S/C25H19N3O6/c1-32-22-12-16(8-9-21(22)34-15-18-6-3-2-5-17(18)13-26)11-20-23(29)27-25(31)28(24(20)30)14-19-7-4-10-33-19/h2-12H,14-15H2,1H3,(H,27,29,31). The molecule has 34 heavy (non-hydrogen) atoms. The zero-order chi connectivity index (χ0) is 24.1. The minimum absolute atomic E-state index is 0.109. The van der Waals surface area contributed by atoms with E-state index >= 15 is 0 Å². The van der Waals surface area contributed by atoms with Crippen LogP contribution in [0.2, 0.25) is 0 Å². The predicted octanol–water partition coefficient (Wildman–Crippen LogP) is 3.40. The lowest BCUT2D eigenvalue weighted by Crippen LogP contribution is -2.53. The average Bonchev–Trinajstić information content (AvgIpc) is 3.37. The number of furan rings is 1.